The van der Waals surface area contributed by atoms with Gasteiger partial charge in [-0.1, -0.05) is 24.6 Å². The number of thioether (sulfide) groups is 1. The van der Waals surface area contributed by atoms with Crippen LogP contribution in [0.1, 0.15) is 42.2 Å². The number of carbonyl (C=O) groups excluding carboxylic acids is 1. The van der Waals surface area contributed by atoms with Crippen LogP contribution in [0.3, 0.4) is 0 Å². The molecule has 0 spiro atoms. The summed E-state index contributed by atoms with van der Waals surface area (Å²) in [5.74, 6) is 1.33. The van der Waals surface area contributed by atoms with Gasteiger partial charge in [0.05, 0.1) is 11.1 Å². The molecule has 168 valence electrons. The van der Waals surface area contributed by atoms with E-state index < -0.39 is 0 Å². The fourth-order valence-electron chi connectivity index (χ4n) is 4.32. The third-order valence-electron chi connectivity index (χ3n) is 6.05. The second-order valence-corrected chi connectivity index (χ2v) is 10.3. The maximum absolute atomic E-state index is 13.4. The van der Waals surface area contributed by atoms with Gasteiger partial charge in [0.15, 0.2) is 16.7 Å². The Labute approximate surface area is 194 Å². The number of aryl methyl sites for hydroxylation is 2. The molecule has 3 aromatic rings. The largest absolute Gasteiger partial charge is 0.486 e. The first-order valence-electron chi connectivity index (χ1n) is 10.9. The maximum atomic E-state index is 13.4. The predicted molar refractivity (Wildman–Crippen MR) is 128 cm³/mol. The van der Waals surface area contributed by atoms with E-state index in [-0.39, 0.29) is 23.3 Å². The molecular formula is C23H25N3O4S2. The van der Waals surface area contributed by atoms with Gasteiger partial charge in [-0.05, 0) is 44.4 Å². The number of aromatic nitrogens is 2. The van der Waals surface area contributed by atoms with E-state index in [0.717, 1.165) is 46.3 Å². The molecule has 1 fully saturated rings. The van der Waals surface area contributed by atoms with Gasteiger partial charge in [0.1, 0.15) is 18.0 Å². The first-order chi connectivity index (χ1) is 15.5. The third kappa shape index (κ3) is 3.99. The summed E-state index contributed by atoms with van der Waals surface area (Å²) in [5, 5.41) is 4.27. The summed E-state index contributed by atoms with van der Waals surface area (Å²) >= 11 is 2.87. The Kier molecular flexibility index (Phi) is 5.86. The van der Waals surface area contributed by atoms with Crippen molar-refractivity contribution in [2.24, 2.45) is 0 Å². The molecule has 0 atom stereocenters. The molecule has 3 heterocycles. The number of ether oxygens (including phenoxy) is 2. The van der Waals surface area contributed by atoms with Crippen LogP contribution in [0, 0.1) is 13.8 Å². The van der Waals surface area contributed by atoms with Crippen molar-refractivity contribution >= 4 is 44.9 Å². The van der Waals surface area contributed by atoms with E-state index in [1.807, 2.05) is 18.4 Å². The highest BCUT2D eigenvalue weighted by Gasteiger charge is 2.25. The molecule has 1 N–H and O–H groups in total. The molecule has 5 rings (SSSR count). The molecule has 1 aliphatic carbocycles. The number of anilines is 1. The number of fused-ring (bicyclic) bond motifs is 2. The van der Waals surface area contributed by atoms with Crippen molar-refractivity contribution in [2.45, 2.75) is 50.7 Å². The molecule has 0 saturated heterocycles. The van der Waals surface area contributed by atoms with Crippen molar-refractivity contribution in [1.82, 2.24) is 9.55 Å². The monoisotopic (exact) mass is 471 g/mol. The van der Waals surface area contributed by atoms with E-state index in [0.29, 0.717) is 35.6 Å². The average Bonchev–Trinajstić information content (AvgIpc) is 3.40. The van der Waals surface area contributed by atoms with Crippen molar-refractivity contribution in [3.05, 3.63) is 39.0 Å². The minimum Gasteiger partial charge on any atom is -0.486 e. The summed E-state index contributed by atoms with van der Waals surface area (Å²) in [6.45, 7) is 5.03. The van der Waals surface area contributed by atoms with Crippen molar-refractivity contribution in [2.75, 3.05) is 24.3 Å². The van der Waals surface area contributed by atoms with Crippen LogP contribution in [-0.2, 0) is 4.79 Å². The van der Waals surface area contributed by atoms with Gasteiger partial charge in [0.25, 0.3) is 5.56 Å². The second kappa shape index (κ2) is 8.78. The van der Waals surface area contributed by atoms with Crippen LogP contribution in [0.2, 0.25) is 0 Å². The molecule has 1 aliphatic heterocycles. The van der Waals surface area contributed by atoms with Gasteiger partial charge in [-0.2, -0.15) is 0 Å². The van der Waals surface area contributed by atoms with Gasteiger partial charge < -0.3 is 14.8 Å². The number of thiophene rings is 1. The number of hydrogen-bond acceptors (Lipinski definition) is 7. The molecule has 0 unspecified atom stereocenters. The number of carbonyl (C=O) groups is 1. The topological polar surface area (TPSA) is 82.4 Å². The molecule has 1 amide bonds. The fourth-order valence-corrected chi connectivity index (χ4v) is 6.26. The predicted octanol–water partition coefficient (Wildman–Crippen LogP) is 4.69. The van der Waals surface area contributed by atoms with Gasteiger partial charge in [-0.25, -0.2) is 4.98 Å². The average molecular weight is 472 g/mol. The Morgan fingerprint density at radius 2 is 1.97 bits per heavy atom. The fraction of sp³-hybridized carbons (Fsp3) is 0.435. The molecule has 9 heteroatoms. The summed E-state index contributed by atoms with van der Waals surface area (Å²) in [5.41, 5.74) is 1.70. The number of amides is 1. The van der Waals surface area contributed by atoms with Crippen LogP contribution in [0.25, 0.3) is 10.2 Å². The van der Waals surface area contributed by atoms with Crippen LogP contribution in [0.4, 0.5) is 5.69 Å². The van der Waals surface area contributed by atoms with Gasteiger partial charge in [-0.3, -0.25) is 14.2 Å². The highest BCUT2D eigenvalue weighted by atomic mass is 32.2. The van der Waals surface area contributed by atoms with Crippen molar-refractivity contribution < 1.29 is 14.3 Å². The van der Waals surface area contributed by atoms with Gasteiger partial charge in [-0.15, -0.1) is 11.3 Å². The quantitative estimate of drug-likeness (QED) is 0.429. The Balaban J connectivity index is 1.38. The number of rotatable bonds is 5. The van der Waals surface area contributed by atoms with E-state index in [2.05, 4.69) is 5.32 Å². The lowest BCUT2D eigenvalue weighted by molar-refractivity contribution is -0.113. The minimum atomic E-state index is -0.155. The van der Waals surface area contributed by atoms with Crippen LogP contribution in [-0.4, -0.2) is 34.4 Å². The number of nitrogens with one attached hydrogen (secondary N) is 1. The molecule has 2 aromatic heterocycles. The van der Waals surface area contributed by atoms with E-state index in [1.54, 1.807) is 29.5 Å². The molecular weight excluding hydrogens is 446 g/mol. The van der Waals surface area contributed by atoms with Crippen LogP contribution in [0.5, 0.6) is 11.5 Å². The first-order valence-corrected chi connectivity index (χ1v) is 12.7. The van der Waals surface area contributed by atoms with Crippen molar-refractivity contribution in [3.8, 4) is 11.5 Å². The molecule has 1 saturated carbocycles. The Bertz CT molecular complexity index is 1240. The number of nitrogens with zero attached hydrogens (tertiary/aromatic N) is 2. The summed E-state index contributed by atoms with van der Waals surface area (Å²) in [6.07, 6.45) is 4.19. The van der Waals surface area contributed by atoms with Gasteiger partial charge in [0.2, 0.25) is 5.91 Å². The molecule has 2 aliphatic rings. The Hall–Kier alpha value is -2.52. The second-order valence-electron chi connectivity index (χ2n) is 8.17. The van der Waals surface area contributed by atoms with Crippen LogP contribution >= 0.6 is 23.1 Å². The lowest BCUT2D eigenvalue weighted by atomic mass is 10.2. The first kappa shape index (κ1) is 21.3. The van der Waals surface area contributed by atoms with Gasteiger partial charge in [0, 0.05) is 22.7 Å². The van der Waals surface area contributed by atoms with Gasteiger partial charge >= 0.3 is 0 Å². The highest BCUT2D eigenvalue weighted by Crippen LogP contribution is 2.35. The normalized spacial score (nSPS) is 15.9. The van der Waals surface area contributed by atoms with Crippen LogP contribution in [0.15, 0.2) is 28.2 Å². The summed E-state index contributed by atoms with van der Waals surface area (Å²) in [7, 11) is 0. The third-order valence-corrected chi connectivity index (χ3v) is 8.10. The maximum Gasteiger partial charge on any atom is 0.263 e. The van der Waals surface area contributed by atoms with E-state index >= 15 is 0 Å². The smallest absolute Gasteiger partial charge is 0.263 e. The molecule has 7 nitrogen and oxygen atoms in total. The lowest BCUT2D eigenvalue weighted by Crippen LogP contribution is -2.27. The van der Waals surface area contributed by atoms with E-state index in [1.165, 1.54) is 11.8 Å². The van der Waals surface area contributed by atoms with Crippen molar-refractivity contribution in [1.29, 1.82) is 0 Å². The number of hydrogen-bond donors (Lipinski definition) is 1. The minimum absolute atomic E-state index is 0.0264. The molecule has 1 aromatic carbocycles. The summed E-state index contributed by atoms with van der Waals surface area (Å²) in [6, 6.07) is 5.52. The Morgan fingerprint density at radius 1 is 1.22 bits per heavy atom. The highest BCUT2D eigenvalue weighted by molar-refractivity contribution is 7.99. The zero-order chi connectivity index (χ0) is 22.2. The van der Waals surface area contributed by atoms with Crippen LogP contribution < -0.4 is 20.3 Å². The lowest BCUT2D eigenvalue weighted by Gasteiger charge is -2.19. The molecule has 32 heavy (non-hydrogen) atoms. The molecule has 0 radical (unpaired) electrons. The van der Waals surface area contributed by atoms with Crippen molar-refractivity contribution in [3.63, 3.8) is 0 Å². The van der Waals surface area contributed by atoms with E-state index in [4.69, 9.17) is 14.5 Å². The zero-order valence-corrected chi connectivity index (χ0v) is 19.7. The SMILES string of the molecule is Cc1sc2nc(SCC(=O)Nc3ccc4c(c3)OCCO4)n(C3CCCC3)c(=O)c2c1C. The summed E-state index contributed by atoms with van der Waals surface area (Å²) in [4.78, 5) is 32.8. The Morgan fingerprint density at radius 3 is 2.75 bits per heavy atom. The molecule has 0 bridgehead atoms. The number of benzene rings is 1. The standard InChI is InChI=1S/C23H25N3O4S2/c1-13-14(2)32-21-20(13)22(28)26(16-5-3-4-6-16)23(25-21)31-12-19(27)24-15-7-8-17-18(11-15)30-10-9-29-17/h7-8,11,16H,3-6,9-10,12H2,1-2H3,(H,24,27). The zero-order valence-electron chi connectivity index (χ0n) is 18.1. The summed E-state index contributed by atoms with van der Waals surface area (Å²) < 4.78 is 13.0. The van der Waals surface area contributed by atoms with E-state index in [9.17, 15) is 9.59 Å².